The van der Waals surface area contributed by atoms with E-state index >= 15 is 0 Å². The quantitative estimate of drug-likeness (QED) is 0.234. The van der Waals surface area contributed by atoms with E-state index in [9.17, 15) is 4.79 Å². The average molecular weight is 401 g/mol. The minimum Gasteiger partial charge on any atom is -0.481 e. The lowest BCUT2D eigenvalue weighted by molar-refractivity contribution is -0.137. The first-order chi connectivity index (χ1) is 13.0. The van der Waals surface area contributed by atoms with Gasteiger partial charge in [-0.2, -0.15) is 0 Å². The van der Waals surface area contributed by atoms with Gasteiger partial charge in [0.15, 0.2) is 0 Å². The van der Waals surface area contributed by atoms with Gasteiger partial charge in [-0.1, -0.05) is 50.5 Å². The van der Waals surface area contributed by atoms with Gasteiger partial charge in [0, 0.05) is 31.9 Å². The molecule has 4 nitrogen and oxygen atoms in total. The summed E-state index contributed by atoms with van der Waals surface area (Å²) in [5, 5.41) is 8.78. The molecular formula is C22H37ClO4. The molecule has 5 heteroatoms. The minimum absolute atomic E-state index is 0.0920. The smallest absolute Gasteiger partial charge is 0.303 e. The van der Waals surface area contributed by atoms with Gasteiger partial charge in [-0.25, -0.2) is 0 Å². The highest BCUT2D eigenvalue weighted by atomic mass is 35.5. The maximum Gasteiger partial charge on any atom is 0.303 e. The largest absolute Gasteiger partial charge is 0.481 e. The maximum atomic E-state index is 10.6. The summed E-state index contributed by atoms with van der Waals surface area (Å²) in [5.41, 5.74) is 0. The van der Waals surface area contributed by atoms with Crippen LogP contribution in [0.3, 0.4) is 0 Å². The lowest BCUT2D eigenvalue weighted by atomic mass is 9.90. The molecule has 27 heavy (non-hydrogen) atoms. The van der Waals surface area contributed by atoms with E-state index in [-0.39, 0.29) is 29.9 Å². The van der Waals surface area contributed by atoms with E-state index in [1.165, 1.54) is 19.3 Å². The third-order valence-electron chi connectivity index (χ3n) is 5.43. The van der Waals surface area contributed by atoms with Crippen LogP contribution in [0.25, 0.3) is 0 Å². The highest BCUT2D eigenvalue weighted by Gasteiger charge is 2.40. The van der Waals surface area contributed by atoms with Crippen molar-refractivity contribution in [1.82, 2.24) is 0 Å². The Balaban J connectivity index is 2.61. The fraction of sp³-hybridized carbons (Fsp3) is 0.773. The number of carboxylic acid groups (broad SMARTS) is 1. The Morgan fingerprint density at radius 2 is 2.04 bits per heavy atom. The van der Waals surface area contributed by atoms with Crippen molar-refractivity contribution in [1.29, 1.82) is 0 Å². The number of halogens is 1. The van der Waals surface area contributed by atoms with Crippen LogP contribution in [0, 0.1) is 11.8 Å². The van der Waals surface area contributed by atoms with Gasteiger partial charge in [0.2, 0.25) is 0 Å². The summed E-state index contributed by atoms with van der Waals surface area (Å²) in [6.07, 6.45) is 17.1. The summed E-state index contributed by atoms with van der Waals surface area (Å²) in [7, 11) is 3.53. The van der Waals surface area contributed by atoms with Gasteiger partial charge in [-0.3, -0.25) is 4.79 Å². The standard InChI is InChI=1S/C22H37ClO4/c1-4-5-8-11-17(26-2)14-15-19-18(20(23)16-21(19)27-3)12-9-6-7-10-13-22(24)25/h6,9,14-15,17-21H,4-5,7-8,10-13,16H2,1-3H3,(H,24,25)/b9-6-,15-14+/t17?,18-,19-,20?,21?/m1/s1. The van der Waals surface area contributed by atoms with Gasteiger partial charge in [0.25, 0.3) is 0 Å². The lowest BCUT2D eigenvalue weighted by Crippen LogP contribution is -2.21. The van der Waals surface area contributed by atoms with Crippen LogP contribution in [0.4, 0.5) is 0 Å². The number of carbonyl (C=O) groups is 1. The van der Waals surface area contributed by atoms with Gasteiger partial charge < -0.3 is 14.6 Å². The second-order valence-electron chi connectivity index (χ2n) is 7.41. The van der Waals surface area contributed by atoms with Crippen LogP contribution in [0.2, 0.25) is 0 Å². The Morgan fingerprint density at radius 3 is 2.67 bits per heavy atom. The fourth-order valence-corrected chi connectivity index (χ4v) is 4.22. The molecule has 3 unspecified atom stereocenters. The molecule has 1 N–H and O–H groups in total. The molecule has 0 amide bonds. The molecule has 0 bridgehead atoms. The van der Waals surface area contributed by atoms with E-state index in [1.54, 1.807) is 14.2 Å². The molecule has 1 fully saturated rings. The van der Waals surface area contributed by atoms with Crippen molar-refractivity contribution in [3.8, 4) is 0 Å². The van der Waals surface area contributed by atoms with Gasteiger partial charge in [-0.15, -0.1) is 11.6 Å². The van der Waals surface area contributed by atoms with Crippen molar-refractivity contribution in [2.24, 2.45) is 11.8 Å². The molecule has 0 spiro atoms. The first-order valence-electron chi connectivity index (χ1n) is 10.3. The lowest BCUT2D eigenvalue weighted by Gasteiger charge is -2.22. The molecule has 5 atom stereocenters. The van der Waals surface area contributed by atoms with Crippen molar-refractivity contribution >= 4 is 17.6 Å². The molecule has 0 heterocycles. The summed E-state index contributed by atoms with van der Waals surface area (Å²) >= 11 is 6.62. The van der Waals surface area contributed by atoms with E-state index < -0.39 is 5.97 Å². The number of hydrogen-bond donors (Lipinski definition) is 1. The third kappa shape index (κ3) is 9.27. The number of methoxy groups -OCH3 is 2. The van der Waals surface area contributed by atoms with Crippen LogP contribution in [-0.4, -0.2) is 42.9 Å². The SMILES string of the molecule is CCCCCC(/C=C/[C@H]1C(OC)CC(Cl)[C@@H]1C/C=C\CCCC(=O)O)OC. The first-order valence-corrected chi connectivity index (χ1v) is 10.7. The minimum atomic E-state index is -0.736. The molecule has 1 rings (SSSR count). The topological polar surface area (TPSA) is 55.8 Å². The van der Waals surface area contributed by atoms with Gasteiger partial charge >= 0.3 is 5.97 Å². The number of carboxylic acids is 1. The van der Waals surface area contributed by atoms with Crippen LogP contribution in [0.1, 0.15) is 64.7 Å². The van der Waals surface area contributed by atoms with Gasteiger partial charge in [-0.05, 0) is 38.0 Å². The van der Waals surface area contributed by atoms with E-state index in [0.717, 1.165) is 25.7 Å². The number of aliphatic carboxylic acids is 1. The van der Waals surface area contributed by atoms with Crippen LogP contribution < -0.4 is 0 Å². The Labute approximate surface area is 170 Å². The first kappa shape index (κ1) is 24.2. The predicted octanol–water partition coefficient (Wildman–Crippen LogP) is 5.60. The Hall–Kier alpha value is -0.840. The number of ether oxygens (including phenoxy) is 2. The fourth-order valence-electron chi connectivity index (χ4n) is 3.78. The number of rotatable bonds is 14. The number of hydrogen-bond acceptors (Lipinski definition) is 3. The summed E-state index contributed by atoms with van der Waals surface area (Å²) < 4.78 is 11.3. The molecule has 0 aliphatic heterocycles. The molecule has 0 saturated heterocycles. The third-order valence-corrected chi connectivity index (χ3v) is 5.93. The zero-order valence-electron chi connectivity index (χ0n) is 17.1. The van der Waals surface area contributed by atoms with Crippen molar-refractivity contribution in [2.75, 3.05) is 14.2 Å². The van der Waals surface area contributed by atoms with E-state index in [4.69, 9.17) is 26.2 Å². The monoisotopic (exact) mass is 400 g/mol. The second-order valence-corrected chi connectivity index (χ2v) is 7.98. The molecule has 156 valence electrons. The number of unbranched alkanes of at least 4 members (excludes halogenated alkanes) is 3. The molecule has 0 radical (unpaired) electrons. The molecular weight excluding hydrogens is 364 g/mol. The predicted molar refractivity (Wildman–Crippen MR) is 111 cm³/mol. The number of allylic oxidation sites excluding steroid dienone is 2. The zero-order chi connectivity index (χ0) is 20.1. The Bertz CT molecular complexity index is 463. The van der Waals surface area contributed by atoms with Crippen molar-refractivity contribution in [3.63, 3.8) is 0 Å². The molecule has 1 aliphatic carbocycles. The number of alkyl halides is 1. The Kier molecular flexibility index (Phi) is 12.7. The summed E-state index contributed by atoms with van der Waals surface area (Å²) in [5.74, 6) is -0.124. The average Bonchev–Trinajstić information content (AvgIpc) is 2.95. The van der Waals surface area contributed by atoms with Crippen LogP contribution >= 0.6 is 11.6 Å². The maximum absolute atomic E-state index is 10.6. The summed E-state index contributed by atoms with van der Waals surface area (Å²) in [4.78, 5) is 10.6. The molecule has 0 aromatic heterocycles. The van der Waals surface area contributed by atoms with E-state index in [0.29, 0.717) is 12.3 Å². The van der Waals surface area contributed by atoms with E-state index in [2.05, 4.69) is 31.2 Å². The normalized spacial score (nSPS) is 27.0. The molecule has 1 aliphatic rings. The second kappa shape index (κ2) is 14.2. The van der Waals surface area contributed by atoms with Crippen LogP contribution in [0.15, 0.2) is 24.3 Å². The van der Waals surface area contributed by atoms with Crippen LogP contribution in [0.5, 0.6) is 0 Å². The van der Waals surface area contributed by atoms with Crippen molar-refractivity contribution in [2.45, 2.75) is 82.3 Å². The highest BCUT2D eigenvalue weighted by Crippen LogP contribution is 2.41. The molecule has 0 aromatic carbocycles. The van der Waals surface area contributed by atoms with Crippen molar-refractivity contribution < 1.29 is 19.4 Å². The molecule has 0 aromatic rings. The Morgan fingerprint density at radius 1 is 1.26 bits per heavy atom. The summed E-state index contributed by atoms with van der Waals surface area (Å²) in [6, 6.07) is 0. The molecule has 1 saturated carbocycles. The van der Waals surface area contributed by atoms with Crippen LogP contribution in [-0.2, 0) is 14.3 Å². The zero-order valence-corrected chi connectivity index (χ0v) is 17.9. The van der Waals surface area contributed by atoms with Gasteiger partial charge in [0.1, 0.15) is 0 Å². The highest BCUT2D eigenvalue weighted by molar-refractivity contribution is 6.21. The van der Waals surface area contributed by atoms with Gasteiger partial charge in [0.05, 0.1) is 12.2 Å². The summed E-state index contributed by atoms with van der Waals surface area (Å²) in [6.45, 7) is 2.21. The van der Waals surface area contributed by atoms with Crippen molar-refractivity contribution in [3.05, 3.63) is 24.3 Å². The van der Waals surface area contributed by atoms with E-state index in [1.807, 2.05) is 0 Å².